The molecule has 0 radical (unpaired) electrons. The fourth-order valence-corrected chi connectivity index (χ4v) is 4.36. The first-order chi connectivity index (χ1) is 16.1. The number of pyridine rings is 2. The van der Waals surface area contributed by atoms with Gasteiger partial charge in [0.25, 0.3) is 0 Å². The molecule has 2 aromatic carbocycles. The summed E-state index contributed by atoms with van der Waals surface area (Å²) in [6, 6.07) is 22.4. The van der Waals surface area contributed by atoms with Crippen LogP contribution in [0.4, 0.5) is 0 Å². The van der Waals surface area contributed by atoms with E-state index in [1.807, 2.05) is 12.1 Å². The summed E-state index contributed by atoms with van der Waals surface area (Å²) in [5.41, 5.74) is 6.75. The van der Waals surface area contributed by atoms with Crippen LogP contribution in [-0.4, -0.2) is 4.98 Å². The molecule has 0 amide bonds. The number of furan rings is 1. The van der Waals surface area contributed by atoms with Gasteiger partial charge in [0.2, 0.25) is 11.4 Å². The normalized spacial score (nSPS) is 13.9. The van der Waals surface area contributed by atoms with E-state index in [-0.39, 0.29) is 11.1 Å². The lowest BCUT2D eigenvalue weighted by molar-refractivity contribution is -0.661. The van der Waals surface area contributed by atoms with Crippen molar-refractivity contribution in [3.05, 3.63) is 95.3 Å². The van der Waals surface area contributed by atoms with Crippen LogP contribution in [0.1, 0.15) is 40.3 Å². The Morgan fingerprint density at radius 1 is 0.935 bits per heavy atom. The van der Waals surface area contributed by atoms with Gasteiger partial charge in [0.1, 0.15) is 12.6 Å². The van der Waals surface area contributed by atoms with Crippen molar-refractivity contribution in [2.75, 3.05) is 0 Å². The van der Waals surface area contributed by atoms with Gasteiger partial charge in [-0.1, -0.05) is 44.2 Å². The number of hydrogen-bond acceptors (Lipinski definition) is 2. The van der Waals surface area contributed by atoms with Crippen LogP contribution in [0, 0.1) is 13.8 Å². The zero-order chi connectivity index (χ0) is 24.3. The molecule has 0 saturated heterocycles. The molecule has 0 fully saturated rings. The van der Waals surface area contributed by atoms with E-state index >= 15 is 0 Å². The lowest BCUT2D eigenvalue weighted by Crippen LogP contribution is -2.34. The van der Waals surface area contributed by atoms with E-state index in [0.717, 1.165) is 27.6 Å². The highest BCUT2D eigenvalue weighted by Gasteiger charge is 2.27. The summed E-state index contributed by atoms with van der Waals surface area (Å²) < 4.78 is 31.0. The van der Waals surface area contributed by atoms with Crippen LogP contribution < -0.4 is 4.57 Å². The third-order valence-electron chi connectivity index (χ3n) is 6.31. The second kappa shape index (κ2) is 7.05. The van der Waals surface area contributed by atoms with E-state index in [4.69, 9.17) is 8.53 Å². The monoisotopic (exact) mass is 410 g/mol. The third-order valence-corrected chi connectivity index (χ3v) is 6.31. The molecule has 0 unspecified atom stereocenters. The Balaban J connectivity index is 1.61. The minimum atomic E-state index is -2.27. The number of benzene rings is 2. The highest BCUT2D eigenvalue weighted by atomic mass is 16.3. The van der Waals surface area contributed by atoms with Crippen molar-refractivity contribution in [3.63, 3.8) is 0 Å². The summed E-state index contributed by atoms with van der Waals surface area (Å²) >= 11 is 0. The molecule has 0 N–H and O–H groups in total. The lowest BCUT2D eigenvalue weighted by atomic mass is 9.79. The van der Waals surface area contributed by atoms with Gasteiger partial charge in [-0.05, 0) is 55.2 Å². The zero-order valence-corrected chi connectivity index (χ0v) is 18.2. The molecule has 31 heavy (non-hydrogen) atoms. The average Bonchev–Trinajstić information content (AvgIpc) is 3.15. The van der Waals surface area contributed by atoms with Crippen LogP contribution in [0.15, 0.2) is 77.3 Å². The Kier molecular flexibility index (Phi) is 3.70. The molecule has 3 nitrogen and oxygen atoms in total. The molecule has 5 rings (SSSR count). The van der Waals surface area contributed by atoms with Crippen LogP contribution in [0.3, 0.4) is 0 Å². The molecule has 0 bridgehead atoms. The molecule has 5 aromatic rings. The highest BCUT2D eigenvalue weighted by Crippen LogP contribution is 2.35. The second-order valence-electron chi connectivity index (χ2n) is 8.72. The van der Waals surface area contributed by atoms with Gasteiger partial charge >= 0.3 is 0 Å². The number of aromatic nitrogens is 2. The maximum Gasteiger partial charge on any atom is 0.227 e. The number of nitrogens with zero attached hydrogens (tertiary/aromatic N) is 2. The first-order valence-corrected chi connectivity index (χ1v) is 10.5. The maximum atomic E-state index is 7.63. The van der Waals surface area contributed by atoms with Crippen molar-refractivity contribution in [3.8, 4) is 11.3 Å². The van der Waals surface area contributed by atoms with Crippen molar-refractivity contribution >= 4 is 22.1 Å². The van der Waals surface area contributed by atoms with Crippen LogP contribution >= 0.6 is 0 Å². The van der Waals surface area contributed by atoms with Gasteiger partial charge in [-0.15, -0.1) is 0 Å². The summed E-state index contributed by atoms with van der Waals surface area (Å²) in [5.74, 6) is 0. The van der Waals surface area contributed by atoms with Crippen molar-refractivity contribution in [1.82, 2.24) is 4.98 Å². The van der Waals surface area contributed by atoms with E-state index in [9.17, 15) is 0 Å². The Bertz CT molecular complexity index is 1530. The number of rotatable bonds is 3. The Morgan fingerprint density at radius 3 is 2.48 bits per heavy atom. The van der Waals surface area contributed by atoms with Gasteiger partial charge in [-0.3, -0.25) is 0 Å². The molecule has 0 aliphatic carbocycles. The molecule has 0 aliphatic rings. The topological polar surface area (TPSA) is 29.9 Å². The first-order valence-electron chi connectivity index (χ1n) is 12.0. The first kappa shape index (κ1) is 16.3. The smallest absolute Gasteiger partial charge is 0.227 e. The minimum absolute atomic E-state index is 0.0408. The second-order valence-corrected chi connectivity index (χ2v) is 8.72. The molecule has 3 heteroatoms. The van der Waals surface area contributed by atoms with Crippen molar-refractivity contribution in [1.29, 1.82) is 0 Å². The molecular weight excluding hydrogens is 380 g/mol. The molecular formula is C28H27N2O+. The van der Waals surface area contributed by atoms with E-state index in [1.54, 1.807) is 12.1 Å². The molecule has 0 saturated carbocycles. The molecule has 3 heterocycles. The van der Waals surface area contributed by atoms with Crippen LogP contribution in [-0.2, 0) is 12.5 Å². The van der Waals surface area contributed by atoms with Crippen LogP contribution in [0.2, 0.25) is 0 Å². The van der Waals surface area contributed by atoms with Crippen LogP contribution in [0.25, 0.3) is 33.3 Å². The van der Waals surface area contributed by atoms with Gasteiger partial charge in [0.15, 0.2) is 6.20 Å². The molecule has 0 atom stereocenters. The highest BCUT2D eigenvalue weighted by molar-refractivity contribution is 6.05. The quantitative estimate of drug-likeness (QED) is 0.321. The van der Waals surface area contributed by atoms with Gasteiger partial charge in [0, 0.05) is 43.2 Å². The lowest BCUT2D eigenvalue weighted by Gasteiger charge is -2.25. The fraction of sp³-hybridized carbons (Fsp3) is 0.214. The summed E-state index contributed by atoms with van der Waals surface area (Å²) in [6.45, 7) is 4.28. The Hall–Kier alpha value is -3.46. The van der Waals surface area contributed by atoms with E-state index in [1.165, 1.54) is 11.1 Å². The minimum Gasteiger partial charge on any atom is -0.438 e. The predicted octanol–water partition coefficient (Wildman–Crippen LogP) is 6.42. The Morgan fingerprint density at radius 2 is 1.74 bits per heavy atom. The molecule has 0 aliphatic heterocycles. The molecule has 154 valence electrons. The standard InChI is InChI=1S/C28H27N2O/c1-18-15-26-24(22-13-11-19(2)29-27(22)31-26)16-23(18)25-14-12-21(17-30(25)5)28(3,4)20-9-7-6-8-10-20/h6-17H,1-5H3/q+1/i2D3. The van der Waals surface area contributed by atoms with E-state index in [2.05, 4.69) is 86.0 Å². The summed E-state index contributed by atoms with van der Waals surface area (Å²) in [7, 11) is 2.07. The zero-order valence-electron chi connectivity index (χ0n) is 21.2. The SMILES string of the molecule is [2H]C([2H])([2H])c1ccc2c(n1)oc1cc(C)c(-c3ccc(C(C)(C)c4ccccc4)c[n+]3C)cc12. The maximum absolute atomic E-state index is 7.63. The van der Waals surface area contributed by atoms with E-state index < -0.39 is 6.85 Å². The van der Waals surface area contributed by atoms with Gasteiger partial charge in [-0.25, -0.2) is 9.55 Å². The number of fused-ring (bicyclic) bond motifs is 3. The van der Waals surface area contributed by atoms with Gasteiger partial charge in [-0.2, -0.15) is 0 Å². The van der Waals surface area contributed by atoms with Crippen molar-refractivity contribution in [2.24, 2.45) is 7.05 Å². The molecule has 3 aromatic heterocycles. The number of hydrogen-bond donors (Lipinski definition) is 0. The van der Waals surface area contributed by atoms with Gasteiger partial charge < -0.3 is 4.42 Å². The number of aryl methyl sites for hydroxylation is 3. The predicted molar refractivity (Wildman–Crippen MR) is 126 cm³/mol. The Labute approximate surface area is 187 Å². The molecule has 0 spiro atoms. The fourth-order valence-electron chi connectivity index (χ4n) is 4.36. The largest absolute Gasteiger partial charge is 0.438 e. The van der Waals surface area contributed by atoms with Crippen molar-refractivity contribution < 1.29 is 13.1 Å². The average molecular weight is 411 g/mol. The summed E-state index contributed by atoms with van der Waals surface area (Å²) in [5, 5.41) is 1.74. The summed E-state index contributed by atoms with van der Waals surface area (Å²) in [4.78, 5) is 4.27. The van der Waals surface area contributed by atoms with Crippen molar-refractivity contribution in [2.45, 2.75) is 33.0 Å². The van der Waals surface area contributed by atoms with E-state index in [0.29, 0.717) is 11.3 Å². The summed E-state index contributed by atoms with van der Waals surface area (Å²) in [6.07, 6.45) is 2.20. The van der Waals surface area contributed by atoms with Crippen LogP contribution in [0.5, 0.6) is 0 Å². The van der Waals surface area contributed by atoms with Gasteiger partial charge in [0.05, 0.1) is 0 Å². The third kappa shape index (κ3) is 3.21.